The van der Waals surface area contributed by atoms with Gasteiger partial charge in [0, 0.05) is 12.1 Å². The second-order valence-corrected chi connectivity index (χ2v) is 6.50. The van der Waals surface area contributed by atoms with Crippen LogP contribution in [0.3, 0.4) is 0 Å². The molecule has 0 unspecified atom stereocenters. The summed E-state index contributed by atoms with van der Waals surface area (Å²) < 4.78 is 77.9. The Morgan fingerprint density at radius 1 is 1.08 bits per heavy atom. The molecule has 2 rings (SSSR count). The summed E-state index contributed by atoms with van der Waals surface area (Å²) >= 11 is 0. The summed E-state index contributed by atoms with van der Waals surface area (Å²) in [5.74, 6) is -1.52. The van der Waals surface area contributed by atoms with Crippen molar-refractivity contribution in [1.82, 2.24) is 4.72 Å². The van der Waals surface area contributed by atoms with Gasteiger partial charge in [-0.05, 0) is 30.3 Å². The van der Waals surface area contributed by atoms with Gasteiger partial charge in [0.05, 0.1) is 22.1 Å². The molecule has 0 bridgehead atoms. The summed E-state index contributed by atoms with van der Waals surface area (Å²) in [5.41, 5.74) is -1.64. The Labute approximate surface area is 135 Å². The quantitative estimate of drug-likeness (QED) is 0.854. The number of rotatable bonds is 4. The Balaban J connectivity index is 2.22. The van der Waals surface area contributed by atoms with Crippen molar-refractivity contribution in [2.24, 2.45) is 0 Å². The summed E-state index contributed by atoms with van der Waals surface area (Å²) in [4.78, 5) is -0.186. The van der Waals surface area contributed by atoms with Crippen molar-refractivity contribution in [3.63, 3.8) is 0 Å². The van der Waals surface area contributed by atoms with Crippen LogP contribution in [0.15, 0.2) is 47.4 Å². The van der Waals surface area contributed by atoms with E-state index in [1.807, 2.05) is 10.8 Å². The fraction of sp³-hybridized carbons (Fsp3) is 0.133. The molecule has 0 spiro atoms. The highest BCUT2D eigenvalue weighted by molar-refractivity contribution is 7.89. The zero-order chi connectivity index (χ0) is 18.0. The second-order valence-electron chi connectivity index (χ2n) is 4.74. The summed E-state index contributed by atoms with van der Waals surface area (Å²) in [5, 5.41) is 8.66. The lowest BCUT2D eigenvalue weighted by Crippen LogP contribution is -2.24. The van der Waals surface area contributed by atoms with Crippen LogP contribution in [-0.4, -0.2) is 8.42 Å². The van der Waals surface area contributed by atoms with Crippen LogP contribution in [0.4, 0.5) is 17.6 Å². The van der Waals surface area contributed by atoms with Crippen molar-refractivity contribution in [2.75, 3.05) is 0 Å². The first kappa shape index (κ1) is 17.9. The predicted octanol–water partition coefficient (Wildman–Crippen LogP) is 3.19. The Bertz CT molecular complexity index is 885. The van der Waals surface area contributed by atoms with E-state index in [-0.39, 0.29) is 10.5 Å². The largest absolute Gasteiger partial charge is 0.419 e. The van der Waals surface area contributed by atoms with Crippen molar-refractivity contribution in [3.8, 4) is 6.07 Å². The molecule has 0 aliphatic heterocycles. The Kier molecular flexibility index (Phi) is 4.91. The van der Waals surface area contributed by atoms with E-state index in [2.05, 4.69) is 0 Å². The first-order valence-electron chi connectivity index (χ1n) is 6.49. The molecule has 1 N–H and O–H groups in total. The minimum absolute atomic E-state index is 0.186. The normalized spacial score (nSPS) is 12.0. The summed E-state index contributed by atoms with van der Waals surface area (Å²) in [6.45, 7) is -0.641. The first-order valence-corrected chi connectivity index (χ1v) is 7.98. The number of nitriles is 1. The van der Waals surface area contributed by atoms with Gasteiger partial charge in [-0.15, -0.1) is 0 Å². The average Bonchev–Trinajstić information content (AvgIpc) is 2.53. The molecular formula is C15H10F4N2O2S. The third kappa shape index (κ3) is 3.90. The van der Waals surface area contributed by atoms with Gasteiger partial charge in [-0.25, -0.2) is 17.5 Å². The van der Waals surface area contributed by atoms with E-state index in [9.17, 15) is 26.0 Å². The highest BCUT2D eigenvalue weighted by atomic mass is 32.2. The molecule has 0 aliphatic carbocycles. The van der Waals surface area contributed by atoms with Crippen LogP contribution in [0, 0.1) is 17.1 Å². The number of nitrogens with zero attached hydrogens (tertiary/aromatic N) is 1. The van der Waals surface area contributed by atoms with E-state index < -0.39 is 39.7 Å². The number of sulfonamides is 1. The van der Waals surface area contributed by atoms with Crippen molar-refractivity contribution >= 4 is 10.0 Å². The fourth-order valence-corrected chi connectivity index (χ4v) is 2.91. The van der Waals surface area contributed by atoms with E-state index in [0.717, 1.165) is 12.1 Å². The maximum Gasteiger partial charge on any atom is 0.419 e. The number of halogens is 4. The molecule has 4 nitrogen and oxygen atoms in total. The van der Waals surface area contributed by atoms with Gasteiger partial charge in [0.2, 0.25) is 10.0 Å². The monoisotopic (exact) mass is 358 g/mol. The van der Waals surface area contributed by atoms with Crippen LogP contribution in [0.25, 0.3) is 0 Å². The fourth-order valence-electron chi connectivity index (χ4n) is 1.90. The van der Waals surface area contributed by atoms with Gasteiger partial charge in [0.1, 0.15) is 5.82 Å². The number of alkyl halides is 3. The molecule has 0 amide bonds. The average molecular weight is 358 g/mol. The van der Waals surface area contributed by atoms with Gasteiger partial charge in [-0.2, -0.15) is 18.4 Å². The Morgan fingerprint density at radius 2 is 1.71 bits per heavy atom. The standard InChI is InChI=1S/C15H10F4N2O2S/c16-14-11(2-1-3-13(14)15(17,18)19)9-21-24(22,23)12-6-4-10(8-20)5-7-12/h1-7,21H,9H2. The summed E-state index contributed by atoms with van der Waals surface area (Å²) in [7, 11) is -4.06. The third-order valence-corrected chi connectivity index (χ3v) is 4.55. The molecule has 0 radical (unpaired) electrons. The maximum atomic E-state index is 13.9. The second kappa shape index (κ2) is 6.59. The van der Waals surface area contributed by atoms with Crippen molar-refractivity contribution < 1.29 is 26.0 Å². The molecule has 2 aromatic carbocycles. The van der Waals surface area contributed by atoms with Gasteiger partial charge in [0.25, 0.3) is 0 Å². The highest BCUT2D eigenvalue weighted by Gasteiger charge is 2.34. The minimum Gasteiger partial charge on any atom is -0.207 e. The molecule has 0 saturated carbocycles. The van der Waals surface area contributed by atoms with Crippen LogP contribution >= 0.6 is 0 Å². The van der Waals surface area contributed by atoms with Crippen LogP contribution in [0.2, 0.25) is 0 Å². The Morgan fingerprint density at radius 3 is 2.25 bits per heavy atom. The van der Waals surface area contributed by atoms with E-state index in [0.29, 0.717) is 6.07 Å². The molecule has 0 fully saturated rings. The molecule has 24 heavy (non-hydrogen) atoms. The predicted molar refractivity (Wildman–Crippen MR) is 76.6 cm³/mol. The van der Waals surface area contributed by atoms with Crippen LogP contribution < -0.4 is 4.72 Å². The third-order valence-electron chi connectivity index (χ3n) is 3.13. The van der Waals surface area contributed by atoms with Crippen LogP contribution in [0.1, 0.15) is 16.7 Å². The number of nitrogens with one attached hydrogen (secondary N) is 1. The molecule has 0 heterocycles. The van der Waals surface area contributed by atoms with Gasteiger partial charge in [-0.3, -0.25) is 0 Å². The van der Waals surface area contributed by atoms with Gasteiger partial charge < -0.3 is 0 Å². The Hall–Kier alpha value is -2.44. The number of benzene rings is 2. The van der Waals surface area contributed by atoms with Gasteiger partial charge in [-0.1, -0.05) is 12.1 Å². The smallest absolute Gasteiger partial charge is 0.207 e. The molecule has 9 heteroatoms. The lowest BCUT2D eigenvalue weighted by molar-refractivity contribution is -0.140. The molecule has 126 valence electrons. The van der Waals surface area contributed by atoms with Crippen molar-refractivity contribution in [3.05, 3.63) is 65.0 Å². The highest BCUT2D eigenvalue weighted by Crippen LogP contribution is 2.32. The summed E-state index contributed by atoms with van der Waals surface area (Å²) in [6, 6.07) is 9.35. The SMILES string of the molecule is N#Cc1ccc(S(=O)(=O)NCc2cccc(C(F)(F)F)c2F)cc1. The van der Waals surface area contributed by atoms with Crippen molar-refractivity contribution in [1.29, 1.82) is 5.26 Å². The van der Waals surface area contributed by atoms with Crippen molar-refractivity contribution in [2.45, 2.75) is 17.6 Å². The molecule has 0 atom stereocenters. The van der Waals surface area contributed by atoms with E-state index in [4.69, 9.17) is 5.26 Å². The molecule has 0 aromatic heterocycles. The molecule has 2 aromatic rings. The zero-order valence-electron chi connectivity index (χ0n) is 11.9. The van der Waals surface area contributed by atoms with Crippen LogP contribution in [-0.2, 0) is 22.7 Å². The van der Waals surface area contributed by atoms with E-state index in [1.165, 1.54) is 24.3 Å². The topological polar surface area (TPSA) is 70.0 Å². The number of hydrogen-bond donors (Lipinski definition) is 1. The van der Waals surface area contributed by atoms with Gasteiger partial charge >= 0.3 is 6.18 Å². The minimum atomic E-state index is -4.87. The summed E-state index contributed by atoms with van der Waals surface area (Å²) in [6.07, 6.45) is -4.87. The maximum absolute atomic E-state index is 13.9. The molecule has 0 aliphatic rings. The lowest BCUT2D eigenvalue weighted by Gasteiger charge is -2.12. The molecule has 0 saturated heterocycles. The van der Waals surface area contributed by atoms with E-state index in [1.54, 1.807) is 0 Å². The lowest BCUT2D eigenvalue weighted by atomic mass is 10.1. The van der Waals surface area contributed by atoms with E-state index >= 15 is 0 Å². The molecular weight excluding hydrogens is 348 g/mol. The van der Waals surface area contributed by atoms with Gasteiger partial charge in [0.15, 0.2) is 0 Å². The zero-order valence-corrected chi connectivity index (χ0v) is 12.7. The first-order chi connectivity index (χ1) is 11.1. The number of hydrogen-bond acceptors (Lipinski definition) is 3. The van der Waals surface area contributed by atoms with Crippen LogP contribution in [0.5, 0.6) is 0 Å².